The van der Waals surface area contributed by atoms with E-state index in [1.165, 1.54) is 25.3 Å². The fourth-order valence-corrected chi connectivity index (χ4v) is 4.52. The zero-order valence-corrected chi connectivity index (χ0v) is 14.7. The molecule has 1 heterocycles. The molecule has 4 rings (SSSR count). The number of hydrogen-bond donors (Lipinski definition) is 1. The van der Waals surface area contributed by atoms with Gasteiger partial charge >= 0.3 is 0 Å². The molecule has 2 saturated carbocycles. The summed E-state index contributed by atoms with van der Waals surface area (Å²) in [5.74, 6) is 0.293. The van der Waals surface area contributed by atoms with E-state index in [1.807, 2.05) is 6.07 Å². The average Bonchev–Trinajstić information content (AvgIpc) is 3.06. The highest BCUT2D eigenvalue weighted by Gasteiger charge is 2.59. The van der Waals surface area contributed by atoms with Gasteiger partial charge in [0.05, 0.1) is 6.10 Å². The Kier molecular flexibility index (Phi) is 4.29. The van der Waals surface area contributed by atoms with Crippen molar-refractivity contribution in [3.63, 3.8) is 0 Å². The van der Waals surface area contributed by atoms with Crippen molar-refractivity contribution in [1.29, 1.82) is 0 Å². The van der Waals surface area contributed by atoms with E-state index in [2.05, 4.69) is 39.5 Å². The lowest BCUT2D eigenvalue weighted by atomic mass is 9.50. The number of ether oxygens (including phenoxy) is 1. The second-order valence-corrected chi connectivity index (χ2v) is 7.24. The van der Waals surface area contributed by atoms with Crippen LogP contribution in [0, 0.1) is 11.2 Å². The third-order valence-electron chi connectivity index (χ3n) is 6.00. The van der Waals surface area contributed by atoms with E-state index < -0.39 is 0 Å². The van der Waals surface area contributed by atoms with Gasteiger partial charge in [-0.05, 0) is 56.6 Å². The van der Waals surface area contributed by atoms with Gasteiger partial charge in [0.2, 0.25) is 5.82 Å². The number of halogens is 1. The van der Waals surface area contributed by atoms with Crippen molar-refractivity contribution in [2.45, 2.75) is 51.3 Å². The second-order valence-electron chi connectivity index (χ2n) is 7.24. The average molecular weight is 345 g/mol. The molecule has 1 spiro atoms. The molecule has 6 nitrogen and oxygen atoms in total. The van der Waals surface area contributed by atoms with Gasteiger partial charge in [-0.2, -0.15) is 5.21 Å². The summed E-state index contributed by atoms with van der Waals surface area (Å²) >= 11 is 0. The number of aromatic nitrogens is 4. The molecule has 2 fully saturated rings. The van der Waals surface area contributed by atoms with E-state index in [4.69, 9.17) is 4.74 Å². The molecule has 2 aliphatic carbocycles. The standard InChI is InChI=1S/C18H24FN5O/c1-3-25-16-10-15(18(16)7-4-8-18)24(2)11-13-9-12(5-6-14(13)19)17-20-22-23-21-17/h5-6,9,15-16H,3-4,7-8,10-11H2,1-2H3,(H,20,21,22,23). The summed E-state index contributed by atoms with van der Waals surface area (Å²) in [6.45, 7) is 3.40. The molecule has 134 valence electrons. The van der Waals surface area contributed by atoms with Gasteiger partial charge in [-0.25, -0.2) is 4.39 Å². The van der Waals surface area contributed by atoms with Crippen LogP contribution in [0.3, 0.4) is 0 Å². The van der Waals surface area contributed by atoms with Gasteiger partial charge in [-0.1, -0.05) is 6.42 Å². The molecule has 2 atom stereocenters. The molecule has 25 heavy (non-hydrogen) atoms. The number of tetrazole rings is 1. The van der Waals surface area contributed by atoms with Gasteiger partial charge in [0.15, 0.2) is 0 Å². The Balaban J connectivity index is 1.50. The number of benzene rings is 1. The number of rotatable bonds is 6. The Morgan fingerprint density at radius 1 is 1.40 bits per heavy atom. The SMILES string of the molecule is CCOC1CC(N(C)Cc2cc(-c3nn[nH]n3)ccc2F)C12CCC2. The zero-order valence-electron chi connectivity index (χ0n) is 14.7. The van der Waals surface area contributed by atoms with Crippen molar-refractivity contribution in [2.75, 3.05) is 13.7 Å². The van der Waals surface area contributed by atoms with Crippen LogP contribution in [-0.2, 0) is 11.3 Å². The second kappa shape index (κ2) is 6.46. The summed E-state index contributed by atoms with van der Waals surface area (Å²) in [5.41, 5.74) is 1.73. The number of aromatic amines is 1. The Morgan fingerprint density at radius 2 is 2.24 bits per heavy atom. The first kappa shape index (κ1) is 16.6. The first-order valence-electron chi connectivity index (χ1n) is 8.98. The van der Waals surface area contributed by atoms with E-state index in [-0.39, 0.29) is 11.2 Å². The highest BCUT2D eigenvalue weighted by Crippen LogP contribution is 2.59. The Hall–Kier alpha value is -1.86. The minimum Gasteiger partial charge on any atom is -0.378 e. The summed E-state index contributed by atoms with van der Waals surface area (Å²) < 4.78 is 20.3. The summed E-state index contributed by atoms with van der Waals surface area (Å²) in [6, 6.07) is 5.46. The molecular formula is C18H24FN5O. The van der Waals surface area contributed by atoms with Gasteiger partial charge in [-0.15, -0.1) is 10.2 Å². The Bertz CT molecular complexity index is 731. The largest absolute Gasteiger partial charge is 0.378 e. The Labute approximate surface area is 146 Å². The molecule has 1 N–H and O–H groups in total. The zero-order chi connectivity index (χ0) is 17.4. The highest BCUT2D eigenvalue weighted by atomic mass is 19.1. The maximum atomic E-state index is 14.3. The maximum absolute atomic E-state index is 14.3. The first-order valence-corrected chi connectivity index (χ1v) is 8.98. The lowest BCUT2D eigenvalue weighted by Crippen LogP contribution is -2.66. The van der Waals surface area contributed by atoms with Crippen LogP contribution in [0.2, 0.25) is 0 Å². The van der Waals surface area contributed by atoms with Crippen LogP contribution < -0.4 is 0 Å². The summed E-state index contributed by atoms with van der Waals surface area (Å²) in [6.07, 6.45) is 5.12. The lowest BCUT2D eigenvalue weighted by Gasteiger charge is -2.63. The minimum absolute atomic E-state index is 0.192. The van der Waals surface area contributed by atoms with Gasteiger partial charge in [0.1, 0.15) is 5.82 Å². The molecule has 2 unspecified atom stereocenters. The molecule has 1 aromatic heterocycles. The predicted octanol–water partition coefficient (Wildman–Crippen LogP) is 2.79. The molecule has 1 aromatic carbocycles. The minimum atomic E-state index is -0.192. The summed E-state index contributed by atoms with van der Waals surface area (Å²) in [7, 11) is 2.09. The van der Waals surface area contributed by atoms with Gasteiger partial charge in [-0.3, -0.25) is 4.90 Å². The van der Waals surface area contributed by atoms with Crippen LogP contribution in [-0.4, -0.2) is 51.3 Å². The van der Waals surface area contributed by atoms with Crippen molar-refractivity contribution >= 4 is 0 Å². The topological polar surface area (TPSA) is 66.9 Å². The van der Waals surface area contributed by atoms with Crippen LogP contribution in [0.4, 0.5) is 4.39 Å². The molecule has 7 heteroatoms. The van der Waals surface area contributed by atoms with Crippen molar-refractivity contribution in [2.24, 2.45) is 5.41 Å². The quantitative estimate of drug-likeness (QED) is 0.872. The number of nitrogens with one attached hydrogen (secondary N) is 1. The maximum Gasteiger partial charge on any atom is 0.204 e. The first-order chi connectivity index (χ1) is 12.1. The fraction of sp³-hybridized carbons (Fsp3) is 0.611. The van der Waals surface area contributed by atoms with E-state index >= 15 is 0 Å². The van der Waals surface area contributed by atoms with Crippen molar-refractivity contribution in [3.05, 3.63) is 29.6 Å². The fourth-order valence-electron chi connectivity index (χ4n) is 4.52. The molecule has 2 aromatic rings. The molecule has 0 radical (unpaired) electrons. The summed E-state index contributed by atoms with van der Waals surface area (Å²) in [4.78, 5) is 2.28. The molecule has 0 amide bonds. The van der Waals surface area contributed by atoms with E-state index in [0.29, 0.717) is 30.1 Å². The summed E-state index contributed by atoms with van der Waals surface area (Å²) in [5, 5.41) is 14.0. The van der Waals surface area contributed by atoms with Crippen LogP contribution in [0.25, 0.3) is 11.4 Å². The van der Waals surface area contributed by atoms with Crippen LogP contribution >= 0.6 is 0 Å². The molecule has 0 saturated heterocycles. The van der Waals surface area contributed by atoms with Gasteiger partial charge < -0.3 is 4.74 Å². The monoisotopic (exact) mass is 345 g/mol. The van der Waals surface area contributed by atoms with E-state index in [1.54, 1.807) is 6.07 Å². The van der Waals surface area contributed by atoms with Gasteiger partial charge in [0, 0.05) is 35.7 Å². The highest BCUT2D eigenvalue weighted by molar-refractivity contribution is 5.55. The van der Waals surface area contributed by atoms with Crippen molar-refractivity contribution in [3.8, 4) is 11.4 Å². The third kappa shape index (κ3) is 2.75. The number of H-pyrrole nitrogens is 1. The molecule has 0 bridgehead atoms. The van der Waals surface area contributed by atoms with Crippen LogP contribution in [0.15, 0.2) is 18.2 Å². The molecule has 0 aliphatic heterocycles. The normalized spacial score (nSPS) is 24.3. The molecular weight excluding hydrogens is 321 g/mol. The number of nitrogens with zero attached hydrogens (tertiary/aromatic N) is 4. The molecule has 2 aliphatic rings. The number of hydrogen-bond acceptors (Lipinski definition) is 5. The van der Waals surface area contributed by atoms with Crippen molar-refractivity contribution in [1.82, 2.24) is 25.5 Å². The smallest absolute Gasteiger partial charge is 0.204 e. The van der Waals surface area contributed by atoms with E-state index in [9.17, 15) is 4.39 Å². The van der Waals surface area contributed by atoms with Crippen LogP contribution in [0.5, 0.6) is 0 Å². The van der Waals surface area contributed by atoms with Crippen LogP contribution in [0.1, 0.15) is 38.2 Å². The van der Waals surface area contributed by atoms with Gasteiger partial charge in [0.25, 0.3) is 0 Å². The third-order valence-corrected chi connectivity index (χ3v) is 6.00. The predicted molar refractivity (Wildman–Crippen MR) is 91.1 cm³/mol. The van der Waals surface area contributed by atoms with E-state index in [0.717, 1.165) is 18.6 Å². The lowest BCUT2D eigenvalue weighted by molar-refractivity contribution is -0.201. The van der Waals surface area contributed by atoms with Crippen molar-refractivity contribution < 1.29 is 9.13 Å². The Morgan fingerprint density at radius 3 is 2.88 bits per heavy atom.